The van der Waals surface area contributed by atoms with E-state index in [2.05, 4.69) is 5.10 Å². The molecular formula is C12H13N3O3. The molecule has 0 radical (unpaired) electrons. The molecule has 18 heavy (non-hydrogen) atoms. The number of ether oxygens (including phenoxy) is 1. The first kappa shape index (κ1) is 12.1. The number of hydrogen-bond donors (Lipinski definition) is 0. The third-order valence-electron chi connectivity index (χ3n) is 2.36. The van der Waals surface area contributed by atoms with Crippen LogP contribution in [0.3, 0.4) is 0 Å². The molecule has 2 aromatic rings. The van der Waals surface area contributed by atoms with Crippen molar-refractivity contribution in [1.29, 1.82) is 0 Å². The molecule has 0 fully saturated rings. The van der Waals surface area contributed by atoms with E-state index >= 15 is 0 Å². The minimum absolute atomic E-state index is 0.126. The molecule has 94 valence electrons. The summed E-state index contributed by atoms with van der Waals surface area (Å²) in [5.41, 5.74) is 0. The van der Waals surface area contributed by atoms with Crippen LogP contribution in [0.2, 0.25) is 0 Å². The molecule has 2 rings (SSSR count). The van der Waals surface area contributed by atoms with E-state index in [0.29, 0.717) is 13.2 Å². The van der Waals surface area contributed by atoms with E-state index in [9.17, 15) is 10.1 Å². The van der Waals surface area contributed by atoms with Gasteiger partial charge >= 0.3 is 5.82 Å². The van der Waals surface area contributed by atoms with Crippen LogP contribution in [-0.2, 0) is 6.54 Å². The quantitative estimate of drug-likeness (QED) is 0.446. The molecule has 6 nitrogen and oxygen atoms in total. The maximum Gasteiger partial charge on any atom is 0.389 e. The van der Waals surface area contributed by atoms with Crippen LogP contribution in [0, 0.1) is 10.1 Å². The Morgan fingerprint density at radius 3 is 2.72 bits per heavy atom. The zero-order chi connectivity index (χ0) is 12.8. The van der Waals surface area contributed by atoms with E-state index < -0.39 is 4.92 Å². The molecule has 0 aliphatic rings. The monoisotopic (exact) mass is 247 g/mol. The predicted molar refractivity (Wildman–Crippen MR) is 65.4 cm³/mol. The van der Waals surface area contributed by atoms with Crippen LogP contribution in [0.1, 0.15) is 6.42 Å². The van der Waals surface area contributed by atoms with Gasteiger partial charge in [-0.3, -0.25) is 0 Å². The Hall–Kier alpha value is -2.37. The largest absolute Gasteiger partial charge is 0.494 e. The molecule has 1 aromatic carbocycles. The minimum Gasteiger partial charge on any atom is -0.494 e. The number of hydrogen-bond acceptors (Lipinski definition) is 4. The Morgan fingerprint density at radius 2 is 2.06 bits per heavy atom. The zero-order valence-electron chi connectivity index (χ0n) is 9.73. The van der Waals surface area contributed by atoms with Gasteiger partial charge in [0.2, 0.25) is 0 Å². The van der Waals surface area contributed by atoms with Crippen molar-refractivity contribution >= 4 is 5.82 Å². The van der Waals surface area contributed by atoms with Crippen LogP contribution >= 0.6 is 0 Å². The molecule has 0 unspecified atom stereocenters. The summed E-state index contributed by atoms with van der Waals surface area (Å²) in [6.45, 7) is 1.15. The summed E-state index contributed by atoms with van der Waals surface area (Å²) in [6.07, 6.45) is 2.34. The van der Waals surface area contributed by atoms with E-state index in [1.165, 1.54) is 6.07 Å². The molecule has 0 saturated carbocycles. The molecular weight excluding hydrogens is 234 g/mol. The summed E-state index contributed by atoms with van der Waals surface area (Å²) in [5.74, 6) is 0.697. The van der Waals surface area contributed by atoms with Crippen LogP contribution in [0.5, 0.6) is 5.75 Å². The number of nitrogens with zero attached hydrogens (tertiary/aromatic N) is 3. The Kier molecular flexibility index (Phi) is 3.90. The molecule has 0 N–H and O–H groups in total. The van der Waals surface area contributed by atoms with Crippen LogP contribution in [0.4, 0.5) is 5.82 Å². The highest BCUT2D eigenvalue weighted by Gasteiger charge is 2.09. The fourth-order valence-electron chi connectivity index (χ4n) is 1.51. The van der Waals surface area contributed by atoms with Crippen LogP contribution < -0.4 is 4.74 Å². The van der Waals surface area contributed by atoms with Gasteiger partial charge in [-0.1, -0.05) is 18.2 Å². The summed E-state index contributed by atoms with van der Waals surface area (Å²) < 4.78 is 7.06. The lowest BCUT2D eigenvalue weighted by molar-refractivity contribution is -0.389. The van der Waals surface area contributed by atoms with Gasteiger partial charge in [0.1, 0.15) is 5.75 Å². The van der Waals surface area contributed by atoms with E-state index in [4.69, 9.17) is 4.74 Å². The van der Waals surface area contributed by atoms with E-state index in [1.807, 2.05) is 30.3 Å². The highest BCUT2D eigenvalue weighted by Crippen LogP contribution is 2.09. The second-order valence-corrected chi connectivity index (χ2v) is 3.71. The lowest BCUT2D eigenvalue weighted by Crippen LogP contribution is -2.05. The molecule has 0 aliphatic heterocycles. The number of para-hydroxylation sites is 1. The van der Waals surface area contributed by atoms with Gasteiger partial charge in [-0.15, -0.1) is 0 Å². The van der Waals surface area contributed by atoms with Gasteiger partial charge in [0.05, 0.1) is 30.5 Å². The maximum atomic E-state index is 10.4. The number of aryl methyl sites for hydroxylation is 1. The zero-order valence-corrected chi connectivity index (χ0v) is 9.73. The van der Waals surface area contributed by atoms with Crippen LogP contribution in [-0.4, -0.2) is 21.3 Å². The Morgan fingerprint density at radius 1 is 1.28 bits per heavy atom. The van der Waals surface area contributed by atoms with Gasteiger partial charge in [-0.05, 0) is 17.1 Å². The first-order chi connectivity index (χ1) is 8.75. The SMILES string of the molecule is O=[N+]([O-])c1ccn(CCCOc2ccccc2)n1. The predicted octanol–water partition coefficient (Wildman–Crippen LogP) is 2.26. The minimum atomic E-state index is -0.503. The molecule has 0 aliphatic carbocycles. The average molecular weight is 247 g/mol. The summed E-state index contributed by atoms with van der Waals surface area (Å²) in [6, 6.07) is 10.9. The van der Waals surface area contributed by atoms with Crippen LogP contribution in [0.15, 0.2) is 42.6 Å². The van der Waals surface area contributed by atoms with Crippen molar-refractivity contribution in [3.8, 4) is 5.75 Å². The number of nitro groups is 1. The van der Waals surface area contributed by atoms with E-state index in [-0.39, 0.29) is 5.82 Å². The summed E-state index contributed by atoms with van der Waals surface area (Å²) in [4.78, 5) is 9.93. The normalized spacial score (nSPS) is 10.2. The molecule has 0 saturated heterocycles. The highest BCUT2D eigenvalue weighted by atomic mass is 16.6. The molecule has 0 atom stereocenters. The Bertz CT molecular complexity index is 510. The maximum absolute atomic E-state index is 10.4. The topological polar surface area (TPSA) is 70.2 Å². The van der Waals surface area contributed by atoms with Crippen molar-refractivity contribution < 1.29 is 9.66 Å². The number of benzene rings is 1. The second-order valence-electron chi connectivity index (χ2n) is 3.71. The highest BCUT2D eigenvalue weighted by molar-refractivity contribution is 5.20. The van der Waals surface area contributed by atoms with Crippen molar-refractivity contribution in [1.82, 2.24) is 9.78 Å². The summed E-state index contributed by atoms with van der Waals surface area (Å²) in [7, 11) is 0. The van der Waals surface area contributed by atoms with Gasteiger partial charge in [-0.2, -0.15) is 4.68 Å². The summed E-state index contributed by atoms with van der Waals surface area (Å²) >= 11 is 0. The molecule has 1 heterocycles. The standard InChI is InChI=1S/C12H13N3O3/c16-15(17)12-7-9-14(13-12)8-4-10-18-11-5-2-1-3-6-11/h1-3,5-7,9H,4,8,10H2. The van der Waals surface area contributed by atoms with Crippen molar-refractivity contribution in [3.63, 3.8) is 0 Å². The van der Waals surface area contributed by atoms with Crippen LogP contribution in [0.25, 0.3) is 0 Å². The second kappa shape index (κ2) is 5.81. The fraction of sp³-hybridized carbons (Fsp3) is 0.250. The smallest absolute Gasteiger partial charge is 0.389 e. The molecule has 0 bridgehead atoms. The number of aromatic nitrogens is 2. The Labute approximate surface area is 104 Å². The van der Waals surface area contributed by atoms with Crippen molar-refractivity contribution in [2.45, 2.75) is 13.0 Å². The molecule has 0 spiro atoms. The molecule has 0 amide bonds. The number of rotatable bonds is 6. The molecule has 6 heteroatoms. The van der Waals surface area contributed by atoms with Crippen molar-refractivity contribution in [2.75, 3.05) is 6.61 Å². The average Bonchev–Trinajstić information content (AvgIpc) is 2.85. The lowest BCUT2D eigenvalue weighted by Gasteiger charge is -2.04. The van der Waals surface area contributed by atoms with Gasteiger partial charge in [-0.25, -0.2) is 0 Å². The van der Waals surface area contributed by atoms with Crippen molar-refractivity contribution in [3.05, 3.63) is 52.7 Å². The van der Waals surface area contributed by atoms with Crippen molar-refractivity contribution in [2.24, 2.45) is 0 Å². The molecule has 1 aromatic heterocycles. The van der Waals surface area contributed by atoms with Gasteiger partial charge < -0.3 is 14.9 Å². The van der Waals surface area contributed by atoms with Gasteiger partial charge in [0.15, 0.2) is 0 Å². The third-order valence-corrected chi connectivity index (χ3v) is 2.36. The van der Waals surface area contributed by atoms with Gasteiger partial charge in [0, 0.05) is 6.42 Å². The third kappa shape index (κ3) is 3.31. The summed E-state index contributed by atoms with van der Waals surface area (Å²) in [5, 5.41) is 14.3. The first-order valence-corrected chi connectivity index (χ1v) is 5.61. The van der Waals surface area contributed by atoms with E-state index in [0.717, 1.165) is 12.2 Å². The van der Waals surface area contributed by atoms with Gasteiger partial charge in [0.25, 0.3) is 0 Å². The van der Waals surface area contributed by atoms with E-state index in [1.54, 1.807) is 10.9 Å². The lowest BCUT2D eigenvalue weighted by atomic mass is 10.3. The first-order valence-electron chi connectivity index (χ1n) is 5.61. The fourth-order valence-corrected chi connectivity index (χ4v) is 1.51. The Balaban J connectivity index is 1.73.